The Morgan fingerprint density at radius 2 is 2.33 bits per heavy atom. The van der Waals surface area contributed by atoms with Gasteiger partial charge in [-0.15, -0.1) is 6.42 Å². The summed E-state index contributed by atoms with van der Waals surface area (Å²) in [7, 11) is 1.66. The molecule has 1 aliphatic heterocycles. The van der Waals surface area contributed by atoms with Gasteiger partial charge >= 0.3 is 0 Å². The minimum atomic E-state index is -0.285. The van der Waals surface area contributed by atoms with Crippen molar-refractivity contribution in [1.82, 2.24) is 10.6 Å². The molecule has 0 spiro atoms. The Kier molecular flexibility index (Phi) is 5.41. The molecule has 5 nitrogen and oxygen atoms in total. The van der Waals surface area contributed by atoms with Crippen LogP contribution >= 0.6 is 0 Å². The van der Waals surface area contributed by atoms with Crippen molar-refractivity contribution >= 4 is 5.96 Å². The molecule has 0 radical (unpaired) electrons. The molecular formula is C15H18FN3O2. The van der Waals surface area contributed by atoms with Gasteiger partial charge in [0.2, 0.25) is 0 Å². The van der Waals surface area contributed by atoms with E-state index in [-0.39, 0.29) is 12.6 Å². The Labute approximate surface area is 123 Å². The van der Waals surface area contributed by atoms with Crippen molar-refractivity contribution < 1.29 is 13.9 Å². The van der Waals surface area contributed by atoms with E-state index in [2.05, 4.69) is 21.5 Å². The molecule has 1 heterocycles. The minimum Gasteiger partial charge on any atom is -0.467 e. The molecule has 112 valence electrons. The fourth-order valence-electron chi connectivity index (χ4n) is 2.11. The van der Waals surface area contributed by atoms with Crippen LogP contribution in [0.15, 0.2) is 17.1 Å². The molecule has 0 bridgehead atoms. The third-order valence-electron chi connectivity index (χ3n) is 3.02. The third kappa shape index (κ3) is 4.10. The Hall–Kier alpha value is -2.26. The van der Waals surface area contributed by atoms with E-state index >= 15 is 0 Å². The molecule has 0 unspecified atom stereocenters. The maximum Gasteiger partial charge on any atom is 0.191 e. The van der Waals surface area contributed by atoms with Crippen LogP contribution in [0.5, 0.6) is 5.75 Å². The SMILES string of the molecule is C#CCNC(=NC)NCCc1cc(F)cc2c1OCOC2. The van der Waals surface area contributed by atoms with Crippen molar-refractivity contribution in [2.24, 2.45) is 4.99 Å². The molecule has 0 aromatic heterocycles. The summed E-state index contributed by atoms with van der Waals surface area (Å²) in [6, 6.07) is 2.93. The van der Waals surface area contributed by atoms with E-state index in [1.54, 1.807) is 7.05 Å². The number of fused-ring (bicyclic) bond motifs is 1. The number of guanidine groups is 1. The second-order valence-electron chi connectivity index (χ2n) is 4.47. The molecule has 0 atom stereocenters. The number of ether oxygens (including phenoxy) is 2. The largest absolute Gasteiger partial charge is 0.467 e. The summed E-state index contributed by atoms with van der Waals surface area (Å²) in [5.41, 5.74) is 1.55. The fourth-order valence-corrected chi connectivity index (χ4v) is 2.11. The van der Waals surface area contributed by atoms with Crippen molar-refractivity contribution in [2.45, 2.75) is 13.0 Å². The monoisotopic (exact) mass is 291 g/mol. The van der Waals surface area contributed by atoms with E-state index in [4.69, 9.17) is 15.9 Å². The van der Waals surface area contributed by atoms with Crippen LogP contribution < -0.4 is 15.4 Å². The lowest BCUT2D eigenvalue weighted by molar-refractivity contribution is -0.0172. The van der Waals surface area contributed by atoms with E-state index in [1.807, 2.05) is 0 Å². The zero-order valence-corrected chi connectivity index (χ0v) is 11.9. The lowest BCUT2D eigenvalue weighted by Crippen LogP contribution is -2.38. The summed E-state index contributed by atoms with van der Waals surface area (Å²) < 4.78 is 24.2. The van der Waals surface area contributed by atoms with Gasteiger partial charge < -0.3 is 20.1 Å². The second kappa shape index (κ2) is 7.50. The number of nitrogens with one attached hydrogen (secondary N) is 2. The topological polar surface area (TPSA) is 54.9 Å². The highest BCUT2D eigenvalue weighted by molar-refractivity contribution is 5.79. The van der Waals surface area contributed by atoms with E-state index in [9.17, 15) is 4.39 Å². The molecule has 1 aromatic rings. The smallest absolute Gasteiger partial charge is 0.191 e. The lowest BCUT2D eigenvalue weighted by atomic mass is 10.1. The number of nitrogens with zero attached hydrogens (tertiary/aromatic N) is 1. The number of terminal acetylenes is 1. The van der Waals surface area contributed by atoms with Gasteiger partial charge in [0.15, 0.2) is 12.8 Å². The maximum atomic E-state index is 13.6. The van der Waals surface area contributed by atoms with Gasteiger partial charge in [0, 0.05) is 19.2 Å². The second-order valence-corrected chi connectivity index (χ2v) is 4.47. The Balaban J connectivity index is 1.97. The molecule has 0 saturated carbocycles. The number of rotatable bonds is 4. The van der Waals surface area contributed by atoms with Gasteiger partial charge in [-0.05, 0) is 24.1 Å². The molecule has 0 aliphatic carbocycles. The third-order valence-corrected chi connectivity index (χ3v) is 3.02. The first-order chi connectivity index (χ1) is 10.2. The molecule has 0 saturated heterocycles. The van der Waals surface area contributed by atoms with Crippen molar-refractivity contribution in [3.8, 4) is 18.1 Å². The van der Waals surface area contributed by atoms with Gasteiger partial charge in [-0.3, -0.25) is 4.99 Å². The van der Waals surface area contributed by atoms with Crippen molar-refractivity contribution in [3.05, 3.63) is 29.1 Å². The van der Waals surface area contributed by atoms with E-state index in [0.29, 0.717) is 32.1 Å². The van der Waals surface area contributed by atoms with Crippen LogP contribution in [0.25, 0.3) is 0 Å². The van der Waals surface area contributed by atoms with Gasteiger partial charge in [0.05, 0.1) is 13.2 Å². The molecule has 6 heteroatoms. The van der Waals surface area contributed by atoms with Crippen molar-refractivity contribution in [1.29, 1.82) is 0 Å². The molecular weight excluding hydrogens is 273 g/mol. The first kappa shape index (κ1) is 15.1. The summed E-state index contributed by atoms with van der Waals surface area (Å²) in [6.45, 7) is 1.56. The van der Waals surface area contributed by atoms with E-state index < -0.39 is 0 Å². The highest BCUT2D eigenvalue weighted by Crippen LogP contribution is 2.29. The first-order valence-corrected chi connectivity index (χ1v) is 6.64. The maximum absolute atomic E-state index is 13.6. The lowest BCUT2D eigenvalue weighted by Gasteiger charge is -2.21. The normalized spacial score (nSPS) is 13.9. The Morgan fingerprint density at radius 3 is 3.10 bits per heavy atom. The van der Waals surface area contributed by atoms with Crippen LogP contribution in [0, 0.1) is 18.2 Å². The number of halogens is 1. The van der Waals surface area contributed by atoms with E-state index in [0.717, 1.165) is 16.9 Å². The zero-order chi connectivity index (χ0) is 15.1. The van der Waals surface area contributed by atoms with E-state index in [1.165, 1.54) is 12.1 Å². The molecule has 1 aliphatic rings. The summed E-state index contributed by atoms with van der Waals surface area (Å²) >= 11 is 0. The van der Waals surface area contributed by atoms with Gasteiger partial charge in [-0.2, -0.15) is 0 Å². The van der Waals surface area contributed by atoms with Gasteiger partial charge in [-0.1, -0.05) is 5.92 Å². The molecule has 1 aromatic carbocycles. The molecule has 2 N–H and O–H groups in total. The predicted octanol–water partition coefficient (Wildman–Crippen LogP) is 1.03. The molecule has 0 amide bonds. The Bertz CT molecular complexity index is 567. The average Bonchev–Trinajstić information content (AvgIpc) is 2.50. The van der Waals surface area contributed by atoms with Crippen LogP contribution in [-0.4, -0.2) is 32.9 Å². The highest BCUT2D eigenvalue weighted by atomic mass is 19.1. The zero-order valence-electron chi connectivity index (χ0n) is 11.9. The number of aliphatic imine (C=N–C) groups is 1. The summed E-state index contributed by atoms with van der Waals surface area (Å²) in [4.78, 5) is 4.04. The van der Waals surface area contributed by atoms with Gasteiger partial charge in [-0.25, -0.2) is 4.39 Å². The minimum absolute atomic E-state index is 0.199. The van der Waals surface area contributed by atoms with Gasteiger partial charge in [0.1, 0.15) is 11.6 Å². The number of hydrogen-bond donors (Lipinski definition) is 2. The van der Waals surface area contributed by atoms with Crippen LogP contribution in [0.1, 0.15) is 11.1 Å². The Morgan fingerprint density at radius 1 is 1.48 bits per heavy atom. The summed E-state index contributed by atoms with van der Waals surface area (Å²) in [5.74, 6) is 3.52. The summed E-state index contributed by atoms with van der Waals surface area (Å²) in [6.07, 6.45) is 5.79. The van der Waals surface area contributed by atoms with Crippen LogP contribution in [0.3, 0.4) is 0 Å². The van der Waals surface area contributed by atoms with Crippen molar-refractivity contribution in [3.63, 3.8) is 0 Å². The molecule has 2 rings (SSSR count). The first-order valence-electron chi connectivity index (χ1n) is 6.64. The number of hydrogen-bond acceptors (Lipinski definition) is 3. The average molecular weight is 291 g/mol. The fraction of sp³-hybridized carbons (Fsp3) is 0.400. The molecule has 21 heavy (non-hydrogen) atoms. The highest BCUT2D eigenvalue weighted by Gasteiger charge is 2.16. The van der Waals surface area contributed by atoms with Crippen LogP contribution in [0.2, 0.25) is 0 Å². The molecule has 0 fully saturated rings. The predicted molar refractivity (Wildman–Crippen MR) is 78.6 cm³/mol. The van der Waals surface area contributed by atoms with Gasteiger partial charge in [0.25, 0.3) is 0 Å². The van der Waals surface area contributed by atoms with Crippen LogP contribution in [-0.2, 0) is 17.8 Å². The van der Waals surface area contributed by atoms with Crippen LogP contribution in [0.4, 0.5) is 4.39 Å². The quantitative estimate of drug-likeness (QED) is 0.494. The summed E-state index contributed by atoms with van der Waals surface area (Å²) in [5, 5.41) is 6.07. The standard InChI is InChI=1S/C15H18FN3O2/c1-3-5-18-15(17-2)19-6-4-11-7-13(16)8-12-9-20-10-21-14(11)12/h1,7-8H,4-6,9-10H2,2H3,(H2,17,18,19). The van der Waals surface area contributed by atoms with Crippen molar-refractivity contribution in [2.75, 3.05) is 26.9 Å². The number of benzene rings is 1.